The van der Waals surface area contributed by atoms with Crippen LogP contribution in [0.25, 0.3) is 0 Å². The van der Waals surface area contributed by atoms with Gasteiger partial charge in [-0.1, -0.05) is 5.16 Å². The van der Waals surface area contributed by atoms with Crippen molar-refractivity contribution >= 4 is 11.7 Å². The van der Waals surface area contributed by atoms with Crippen LogP contribution in [0.4, 0.5) is 4.39 Å². The second-order valence-corrected chi connectivity index (χ2v) is 3.52. The summed E-state index contributed by atoms with van der Waals surface area (Å²) in [4.78, 5) is 15.4. The van der Waals surface area contributed by atoms with Gasteiger partial charge in [0.25, 0.3) is 0 Å². The van der Waals surface area contributed by atoms with E-state index in [0.29, 0.717) is 11.3 Å². The third kappa shape index (κ3) is 2.20. The molecule has 0 amide bonds. The Morgan fingerprint density at radius 3 is 3.00 bits per heavy atom. The Labute approximate surface area is 96.4 Å². The molecule has 1 N–H and O–H groups in total. The molecule has 0 aliphatic carbocycles. The van der Waals surface area contributed by atoms with E-state index < -0.39 is 17.9 Å². The molecule has 6 heteroatoms. The topological polar surface area (TPSA) is 68.1 Å². The van der Waals surface area contributed by atoms with Gasteiger partial charge in [-0.2, -0.15) is 0 Å². The van der Waals surface area contributed by atoms with Crippen LogP contribution in [0.1, 0.15) is 12.0 Å². The van der Waals surface area contributed by atoms with Crippen molar-refractivity contribution in [2.75, 3.05) is 7.11 Å². The third-order valence-corrected chi connectivity index (χ3v) is 2.43. The second-order valence-electron chi connectivity index (χ2n) is 3.52. The molecule has 0 aromatic heterocycles. The Kier molecular flexibility index (Phi) is 2.95. The van der Waals surface area contributed by atoms with Crippen LogP contribution in [0.3, 0.4) is 0 Å². The highest BCUT2D eigenvalue weighted by atomic mass is 19.1. The highest BCUT2D eigenvalue weighted by Gasteiger charge is 2.28. The van der Waals surface area contributed by atoms with Gasteiger partial charge in [0.1, 0.15) is 0 Å². The van der Waals surface area contributed by atoms with E-state index in [4.69, 9.17) is 14.7 Å². The molecular formula is C11H10FNO4. The van der Waals surface area contributed by atoms with Crippen LogP contribution >= 0.6 is 0 Å². The molecule has 0 radical (unpaired) electrons. The lowest BCUT2D eigenvalue weighted by Crippen LogP contribution is -2.19. The average Bonchev–Trinajstić information content (AvgIpc) is 2.79. The van der Waals surface area contributed by atoms with Crippen molar-refractivity contribution in [2.24, 2.45) is 5.16 Å². The van der Waals surface area contributed by atoms with Crippen molar-refractivity contribution in [3.63, 3.8) is 0 Å². The number of carboxylic acid groups (broad SMARTS) is 1. The van der Waals surface area contributed by atoms with Gasteiger partial charge in [0.05, 0.1) is 12.8 Å². The first-order valence-electron chi connectivity index (χ1n) is 4.91. The van der Waals surface area contributed by atoms with Gasteiger partial charge in [-0.05, 0) is 18.2 Å². The molecule has 1 aliphatic heterocycles. The molecule has 1 aliphatic rings. The van der Waals surface area contributed by atoms with E-state index in [2.05, 4.69) is 5.16 Å². The number of halogens is 1. The number of hydrogen-bond donors (Lipinski definition) is 1. The number of ether oxygens (including phenoxy) is 1. The van der Waals surface area contributed by atoms with E-state index >= 15 is 0 Å². The smallest absolute Gasteiger partial charge is 0.348 e. The van der Waals surface area contributed by atoms with Crippen molar-refractivity contribution < 1.29 is 23.9 Å². The first-order valence-corrected chi connectivity index (χ1v) is 4.91. The number of methoxy groups -OCH3 is 1. The van der Waals surface area contributed by atoms with E-state index in [1.165, 1.54) is 25.3 Å². The molecule has 1 aromatic rings. The van der Waals surface area contributed by atoms with Gasteiger partial charge in [-0.3, -0.25) is 0 Å². The summed E-state index contributed by atoms with van der Waals surface area (Å²) in [5.41, 5.74) is 1.06. The third-order valence-electron chi connectivity index (χ3n) is 2.43. The fraction of sp³-hybridized carbons (Fsp3) is 0.273. The molecular weight excluding hydrogens is 229 g/mol. The van der Waals surface area contributed by atoms with E-state index in [-0.39, 0.29) is 12.2 Å². The van der Waals surface area contributed by atoms with Gasteiger partial charge in [0.15, 0.2) is 11.6 Å². The number of aliphatic carboxylic acids is 1. The Balaban J connectivity index is 2.22. The number of oxime groups is 1. The monoisotopic (exact) mass is 239 g/mol. The van der Waals surface area contributed by atoms with Crippen LogP contribution in [-0.4, -0.2) is 30.0 Å². The predicted molar refractivity (Wildman–Crippen MR) is 56.6 cm³/mol. The summed E-state index contributed by atoms with van der Waals surface area (Å²) in [6, 6.07) is 4.21. The Hall–Kier alpha value is -2.11. The molecule has 1 atom stereocenters. The van der Waals surface area contributed by atoms with Gasteiger partial charge < -0.3 is 14.7 Å². The summed E-state index contributed by atoms with van der Waals surface area (Å²) >= 11 is 0. The second kappa shape index (κ2) is 4.40. The van der Waals surface area contributed by atoms with Crippen LogP contribution in [0.15, 0.2) is 23.4 Å². The van der Waals surface area contributed by atoms with E-state index in [1.807, 2.05) is 0 Å². The number of hydrogen-bond acceptors (Lipinski definition) is 4. The SMILES string of the molecule is COc1cc(C2=NO[C@@H](C(=O)O)C2)ccc1F. The minimum Gasteiger partial charge on any atom is -0.494 e. The zero-order valence-corrected chi connectivity index (χ0v) is 9.01. The molecule has 0 bridgehead atoms. The molecule has 2 rings (SSSR count). The fourth-order valence-corrected chi connectivity index (χ4v) is 1.52. The van der Waals surface area contributed by atoms with Crippen LogP contribution in [0.2, 0.25) is 0 Å². The first kappa shape index (κ1) is 11.4. The molecule has 0 unspecified atom stereocenters. The first-order chi connectivity index (χ1) is 8.11. The maximum Gasteiger partial charge on any atom is 0.348 e. The molecule has 0 saturated carbocycles. The number of nitrogens with zero attached hydrogens (tertiary/aromatic N) is 1. The van der Waals surface area contributed by atoms with E-state index in [9.17, 15) is 9.18 Å². The zero-order valence-electron chi connectivity index (χ0n) is 9.01. The summed E-state index contributed by atoms with van der Waals surface area (Å²) < 4.78 is 18.0. The summed E-state index contributed by atoms with van der Waals surface area (Å²) in [5, 5.41) is 12.4. The van der Waals surface area contributed by atoms with Crippen molar-refractivity contribution in [3.8, 4) is 5.75 Å². The van der Waals surface area contributed by atoms with Crippen molar-refractivity contribution in [1.82, 2.24) is 0 Å². The summed E-state index contributed by atoms with van der Waals surface area (Å²) in [6.07, 6.45) is -0.814. The van der Waals surface area contributed by atoms with Crippen LogP contribution in [0, 0.1) is 5.82 Å². The molecule has 17 heavy (non-hydrogen) atoms. The maximum atomic E-state index is 13.2. The minimum absolute atomic E-state index is 0.0870. The lowest BCUT2D eigenvalue weighted by atomic mass is 10.0. The molecule has 90 valence electrons. The summed E-state index contributed by atoms with van der Waals surface area (Å²) in [5.74, 6) is -1.47. The number of benzene rings is 1. The largest absolute Gasteiger partial charge is 0.494 e. The predicted octanol–water partition coefficient (Wildman–Crippen LogP) is 1.41. The zero-order chi connectivity index (χ0) is 12.4. The molecule has 0 saturated heterocycles. The molecule has 0 spiro atoms. The Morgan fingerprint density at radius 1 is 1.65 bits per heavy atom. The fourth-order valence-electron chi connectivity index (χ4n) is 1.52. The summed E-state index contributed by atoms with van der Waals surface area (Å²) in [6.45, 7) is 0. The van der Waals surface area contributed by atoms with Gasteiger partial charge in [-0.15, -0.1) is 0 Å². The van der Waals surface area contributed by atoms with Gasteiger partial charge in [0.2, 0.25) is 6.10 Å². The lowest BCUT2D eigenvalue weighted by Gasteiger charge is -2.04. The highest BCUT2D eigenvalue weighted by molar-refractivity contribution is 6.03. The number of carbonyl (C=O) groups is 1. The Bertz CT molecular complexity index is 486. The van der Waals surface area contributed by atoms with Crippen molar-refractivity contribution in [3.05, 3.63) is 29.6 Å². The quantitative estimate of drug-likeness (QED) is 0.865. The van der Waals surface area contributed by atoms with Crippen molar-refractivity contribution in [2.45, 2.75) is 12.5 Å². The van der Waals surface area contributed by atoms with E-state index in [0.717, 1.165) is 0 Å². The van der Waals surface area contributed by atoms with Crippen molar-refractivity contribution in [1.29, 1.82) is 0 Å². The molecule has 0 fully saturated rings. The molecule has 1 aromatic carbocycles. The van der Waals surface area contributed by atoms with Gasteiger partial charge >= 0.3 is 5.97 Å². The average molecular weight is 239 g/mol. The number of rotatable bonds is 3. The van der Waals surface area contributed by atoms with Crippen LogP contribution in [-0.2, 0) is 9.63 Å². The van der Waals surface area contributed by atoms with E-state index in [1.54, 1.807) is 0 Å². The molecule has 5 nitrogen and oxygen atoms in total. The highest BCUT2D eigenvalue weighted by Crippen LogP contribution is 2.22. The normalized spacial score (nSPS) is 18.5. The minimum atomic E-state index is -1.07. The summed E-state index contributed by atoms with van der Waals surface area (Å²) in [7, 11) is 1.36. The molecule has 1 heterocycles. The maximum absolute atomic E-state index is 13.2. The standard InChI is InChI=1S/C11H10FNO4/c1-16-9-4-6(2-3-7(9)12)8-5-10(11(14)15)17-13-8/h2-4,10H,5H2,1H3,(H,14,15)/t10-/m1/s1. The van der Waals surface area contributed by atoms with Gasteiger partial charge in [0, 0.05) is 12.0 Å². The van der Waals surface area contributed by atoms with Crippen LogP contribution < -0.4 is 4.74 Å². The Morgan fingerprint density at radius 2 is 2.41 bits per heavy atom. The number of carboxylic acids is 1. The van der Waals surface area contributed by atoms with Gasteiger partial charge in [-0.25, -0.2) is 9.18 Å². The van der Waals surface area contributed by atoms with Crippen LogP contribution in [0.5, 0.6) is 5.75 Å². The lowest BCUT2D eigenvalue weighted by molar-refractivity contribution is -0.148.